The minimum absolute atomic E-state index is 0.349. The average Bonchev–Trinajstić information content (AvgIpc) is 2.29. The van der Waals surface area contributed by atoms with Gasteiger partial charge in [-0.15, -0.1) is 0 Å². The van der Waals surface area contributed by atoms with Crippen LogP contribution in [-0.2, 0) is 0 Å². The van der Waals surface area contributed by atoms with Crippen LogP contribution in [-0.4, -0.2) is 29.2 Å². The summed E-state index contributed by atoms with van der Waals surface area (Å²) in [5.74, 6) is 1.00. The van der Waals surface area contributed by atoms with Crippen molar-refractivity contribution in [3.63, 3.8) is 0 Å². The minimum atomic E-state index is 0.349. The minimum Gasteiger partial charge on any atom is -0.478 e. The van der Waals surface area contributed by atoms with Crippen molar-refractivity contribution in [1.29, 1.82) is 0 Å². The van der Waals surface area contributed by atoms with Gasteiger partial charge in [-0.1, -0.05) is 13.8 Å². The zero-order chi connectivity index (χ0) is 12.0. The number of hydrogen-bond donors (Lipinski definition) is 1. The molecule has 0 aromatic carbocycles. The maximum absolute atomic E-state index is 5.36. The Morgan fingerprint density at radius 2 is 2.06 bits per heavy atom. The van der Waals surface area contributed by atoms with Gasteiger partial charge in [0.15, 0.2) is 0 Å². The summed E-state index contributed by atoms with van der Waals surface area (Å²) in [7, 11) is 0. The van der Waals surface area contributed by atoms with Crippen LogP contribution in [0.2, 0.25) is 0 Å². The van der Waals surface area contributed by atoms with Gasteiger partial charge in [0.05, 0.1) is 12.3 Å². The van der Waals surface area contributed by atoms with E-state index in [0.717, 1.165) is 12.2 Å². The zero-order valence-corrected chi connectivity index (χ0v) is 10.5. The lowest BCUT2D eigenvalue weighted by molar-refractivity contribution is 0.324. The molecule has 90 valence electrons. The van der Waals surface area contributed by atoms with Crippen LogP contribution in [0.25, 0.3) is 0 Å². The average molecular weight is 223 g/mol. The molecular formula is C12H21N3O. The number of hydrogen-bond acceptors (Lipinski definition) is 4. The molecule has 0 aliphatic rings. The largest absolute Gasteiger partial charge is 0.478 e. The first-order chi connectivity index (χ1) is 7.69. The molecule has 0 saturated heterocycles. The van der Waals surface area contributed by atoms with Gasteiger partial charge in [-0.2, -0.15) is 0 Å². The third kappa shape index (κ3) is 3.45. The normalized spacial score (nSPS) is 14.5. The lowest BCUT2D eigenvalue weighted by Crippen LogP contribution is -2.31. The van der Waals surface area contributed by atoms with Gasteiger partial charge >= 0.3 is 0 Å². The van der Waals surface area contributed by atoms with Crippen LogP contribution in [0.5, 0.6) is 5.88 Å². The molecule has 0 spiro atoms. The van der Waals surface area contributed by atoms with Crippen molar-refractivity contribution >= 4 is 0 Å². The van der Waals surface area contributed by atoms with Gasteiger partial charge < -0.3 is 10.1 Å². The highest BCUT2D eigenvalue weighted by Gasteiger charge is 2.15. The molecule has 0 aliphatic heterocycles. The molecule has 0 amide bonds. The van der Waals surface area contributed by atoms with Gasteiger partial charge in [0.1, 0.15) is 6.33 Å². The second-order valence-electron chi connectivity index (χ2n) is 3.85. The van der Waals surface area contributed by atoms with Crippen molar-refractivity contribution in [1.82, 2.24) is 15.3 Å². The fourth-order valence-corrected chi connectivity index (χ4v) is 1.58. The van der Waals surface area contributed by atoms with E-state index in [4.69, 9.17) is 4.74 Å². The molecule has 1 N–H and O–H groups in total. The van der Waals surface area contributed by atoms with Crippen molar-refractivity contribution < 1.29 is 4.74 Å². The lowest BCUT2D eigenvalue weighted by atomic mass is 9.99. The third-order valence-corrected chi connectivity index (χ3v) is 2.70. The number of nitrogens with zero attached hydrogens (tertiary/aromatic N) is 2. The smallest absolute Gasteiger partial charge is 0.216 e. The van der Waals surface area contributed by atoms with Gasteiger partial charge in [0, 0.05) is 18.0 Å². The SMILES string of the molecule is CCNC(C)C(C)c1cc(OCC)ncn1. The van der Waals surface area contributed by atoms with E-state index in [9.17, 15) is 0 Å². The number of rotatable bonds is 6. The molecule has 1 aromatic heterocycles. The lowest BCUT2D eigenvalue weighted by Gasteiger charge is -2.20. The molecule has 2 unspecified atom stereocenters. The van der Waals surface area contributed by atoms with Gasteiger partial charge in [0.25, 0.3) is 0 Å². The molecule has 0 fully saturated rings. The maximum atomic E-state index is 5.36. The van der Waals surface area contributed by atoms with E-state index < -0.39 is 0 Å². The molecule has 0 saturated carbocycles. The Morgan fingerprint density at radius 3 is 2.69 bits per heavy atom. The van der Waals surface area contributed by atoms with Crippen LogP contribution in [0, 0.1) is 0 Å². The van der Waals surface area contributed by atoms with Crippen LogP contribution in [0.4, 0.5) is 0 Å². The van der Waals surface area contributed by atoms with E-state index in [1.165, 1.54) is 0 Å². The monoisotopic (exact) mass is 223 g/mol. The van der Waals surface area contributed by atoms with Crippen molar-refractivity contribution in [3.05, 3.63) is 18.1 Å². The standard InChI is InChI=1S/C12H21N3O/c1-5-13-10(4)9(3)11-7-12(16-6-2)15-8-14-11/h7-10,13H,5-6H2,1-4H3. The van der Waals surface area contributed by atoms with Crippen LogP contribution >= 0.6 is 0 Å². The Morgan fingerprint density at radius 1 is 1.31 bits per heavy atom. The summed E-state index contributed by atoms with van der Waals surface area (Å²) in [6.07, 6.45) is 1.56. The van der Waals surface area contributed by atoms with Crippen LogP contribution in [0.1, 0.15) is 39.3 Å². The van der Waals surface area contributed by atoms with E-state index in [1.54, 1.807) is 6.33 Å². The van der Waals surface area contributed by atoms with E-state index in [0.29, 0.717) is 24.4 Å². The molecule has 16 heavy (non-hydrogen) atoms. The Kier molecular flexibility index (Phi) is 5.19. The molecule has 1 rings (SSSR count). The van der Waals surface area contributed by atoms with E-state index in [-0.39, 0.29) is 0 Å². The predicted molar refractivity (Wildman–Crippen MR) is 64.8 cm³/mol. The van der Waals surface area contributed by atoms with Crippen LogP contribution in [0.3, 0.4) is 0 Å². The first kappa shape index (κ1) is 12.9. The summed E-state index contributed by atoms with van der Waals surface area (Å²) < 4.78 is 5.36. The van der Waals surface area contributed by atoms with Crippen molar-refractivity contribution in [3.8, 4) is 5.88 Å². The highest BCUT2D eigenvalue weighted by Crippen LogP contribution is 2.19. The Balaban J connectivity index is 2.74. The fourth-order valence-electron chi connectivity index (χ4n) is 1.58. The van der Waals surface area contributed by atoms with Crippen molar-refractivity contribution in [2.75, 3.05) is 13.2 Å². The van der Waals surface area contributed by atoms with Gasteiger partial charge in [0.2, 0.25) is 5.88 Å². The molecule has 2 atom stereocenters. The van der Waals surface area contributed by atoms with Crippen LogP contribution in [0.15, 0.2) is 12.4 Å². The first-order valence-corrected chi connectivity index (χ1v) is 5.87. The third-order valence-electron chi connectivity index (χ3n) is 2.70. The summed E-state index contributed by atoms with van der Waals surface area (Å²) in [4.78, 5) is 8.36. The molecule has 0 aliphatic carbocycles. The molecular weight excluding hydrogens is 202 g/mol. The number of nitrogens with one attached hydrogen (secondary N) is 1. The number of aromatic nitrogens is 2. The van der Waals surface area contributed by atoms with Gasteiger partial charge in [-0.3, -0.25) is 0 Å². The van der Waals surface area contributed by atoms with Crippen LogP contribution < -0.4 is 10.1 Å². The van der Waals surface area contributed by atoms with Crippen molar-refractivity contribution in [2.24, 2.45) is 0 Å². The second kappa shape index (κ2) is 6.43. The summed E-state index contributed by atoms with van der Waals surface area (Å²) in [5, 5.41) is 3.39. The number of likely N-dealkylation sites (N-methyl/N-ethyl adjacent to an activating group) is 1. The number of ether oxygens (including phenoxy) is 1. The first-order valence-electron chi connectivity index (χ1n) is 5.87. The fraction of sp³-hybridized carbons (Fsp3) is 0.667. The quantitative estimate of drug-likeness (QED) is 0.801. The second-order valence-corrected chi connectivity index (χ2v) is 3.85. The molecule has 0 bridgehead atoms. The predicted octanol–water partition coefficient (Wildman–Crippen LogP) is 1.98. The Labute approximate surface area is 97.5 Å². The highest BCUT2D eigenvalue weighted by atomic mass is 16.5. The molecule has 1 heterocycles. The molecule has 0 radical (unpaired) electrons. The topological polar surface area (TPSA) is 47.0 Å². The van der Waals surface area contributed by atoms with Gasteiger partial charge in [-0.05, 0) is 20.4 Å². The maximum Gasteiger partial charge on any atom is 0.216 e. The summed E-state index contributed by atoms with van der Waals surface area (Å²) >= 11 is 0. The van der Waals surface area contributed by atoms with Crippen molar-refractivity contribution in [2.45, 2.75) is 39.7 Å². The van der Waals surface area contributed by atoms with E-state index in [2.05, 4.69) is 36.1 Å². The summed E-state index contributed by atoms with van der Waals surface area (Å²) in [5.41, 5.74) is 1.02. The molecule has 1 aromatic rings. The molecule has 4 nitrogen and oxygen atoms in total. The van der Waals surface area contributed by atoms with Gasteiger partial charge in [-0.25, -0.2) is 9.97 Å². The Hall–Kier alpha value is -1.16. The highest BCUT2D eigenvalue weighted by molar-refractivity contribution is 5.17. The summed E-state index contributed by atoms with van der Waals surface area (Å²) in [6.45, 7) is 9.98. The Bertz CT molecular complexity index is 317. The van der Waals surface area contributed by atoms with E-state index >= 15 is 0 Å². The molecule has 4 heteroatoms. The van der Waals surface area contributed by atoms with E-state index in [1.807, 2.05) is 13.0 Å². The summed E-state index contributed by atoms with van der Waals surface area (Å²) in [6, 6.07) is 2.32. The zero-order valence-electron chi connectivity index (χ0n) is 10.5.